The van der Waals surface area contributed by atoms with Crippen LogP contribution in [0.1, 0.15) is 19.8 Å². The maximum absolute atomic E-state index is 11.5. The van der Waals surface area contributed by atoms with Crippen molar-refractivity contribution < 1.29 is 14.3 Å². The lowest BCUT2D eigenvalue weighted by Gasteiger charge is -2.19. The van der Waals surface area contributed by atoms with Gasteiger partial charge in [0.1, 0.15) is 13.2 Å². The Morgan fingerprint density at radius 1 is 1.35 bits per heavy atom. The maximum Gasteiger partial charge on any atom is 0.224 e. The summed E-state index contributed by atoms with van der Waals surface area (Å²) in [5.41, 5.74) is 0.564. The number of amides is 1. The highest BCUT2D eigenvalue weighted by atomic mass is 35.5. The number of halogens is 1. The first-order chi connectivity index (χ1) is 8.20. The summed E-state index contributed by atoms with van der Waals surface area (Å²) in [6, 6.07) is 3.36. The van der Waals surface area contributed by atoms with Crippen molar-refractivity contribution in [2.75, 3.05) is 18.5 Å². The Kier molecular flexibility index (Phi) is 3.74. The van der Waals surface area contributed by atoms with E-state index in [1.54, 1.807) is 12.1 Å². The fraction of sp³-hybridized carbons (Fsp3) is 0.417. The Hall–Kier alpha value is -1.42. The zero-order valence-electron chi connectivity index (χ0n) is 9.59. The van der Waals surface area contributed by atoms with Crippen LogP contribution in [0.25, 0.3) is 0 Å². The first-order valence-corrected chi connectivity index (χ1v) is 5.97. The summed E-state index contributed by atoms with van der Waals surface area (Å²) in [4.78, 5) is 11.5. The quantitative estimate of drug-likeness (QED) is 0.904. The summed E-state index contributed by atoms with van der Waals surface area (Å²) in [5.74, 6) is 1.19. The van der Waals surface area contributed by atoms with Crippen LogP contribution in [0.4, 0.5) is 5.69 Å². The number of hydrogen-bond donors (Lipinski definition) is 1. The van der Waals surface area contributed by atoms with Gasteiger partial charge in [-0.05, 0) is 6.42 Å². The van der Waals surface area contributed by atoms with Gasteiger partial charge in [0.15, 0.2) is 11.5 Å². The minimum absolute atomic E-state index is 0.0499. The molecule has 2 rings (SSSR count). The van der Waals surface area contributed by atoms with Crippen LogP contribution in [0.5, 0.6) is 11.5 Å². The molecule has 1 aliphatic heterocycles. The van der Waals surface area contributed by atoms with Crippen LogP contribution in [-0.4, -0.2) is 19.1 Å². The zero-order chi connectivity index (χ0) is 12.3. The van der Waals surface area contributed by atoms with E-state index in [1.165, 1.54) is 0 Å². The zero-order valence-corrected chi connectivity index (χ0v) is 10.3. The number of anilines is 1. The Labute approximate surface area is 105 Å². The van der Waals surface area contributed by atoms with Gasteiger partial charge in [-0.25, -0.2) is 0 Å². The molecule has 1 aliphatic rings. The number of hydrogen-bond acceptors (Lipinski definition) is 3. The second kappa shape index (κ2) is 5.27. The second-order valence-electron chi connectivity index (χ2n) is 3.77. The first kappa shape index (κ1) is 12.0. The maximum atomic E-state index is 11.5. The normalized spacial score (nSPS) is 13.3. The van der Waals surface area contributed by atoms with E-state index >= 15 is 0 Å². The Morgan fingerprint density at radius 3 is 2.65 bits per heavy atom. The summed E-state index contributed by atoms with van der Waals surface area (Å²) in [7, 11) is 0. The molecule has 92 valence electrons. The van der Waals surface area contributed by atoms with Crippen LogP contribution >= 0.6 is 11.6 Å². The molecule has 0 aromatic heterocycles. The fourth-order valence-corrected chi connectivity index (χ4v) is 1.80. The van der Waals surface area contributed by atoms with Crippen LogP contribution in [0.15, 0.2) is 12.1 Å². The molecule has 0 fully saturated rings. The van der Waals surface area contributed by atoms with E-state index in [9.17, 15) is 4.79 Å². The fourth-order valence-electron chi connectivity index (χ4n) is 1.60. The molecule has 0 aliphatic carbocycles. The average molecular weight is 256 g/mol. The number of fused-ring (bicyclic) bond motifs is 1. The molecule has 0 bridgehead atoms. The highest BCUT2D eigenvalue weighted by Crippen LogP contribution is 2.37. The summed E-state index contributed by atoms with van der Waals surface area (Å²) in [6.07, 6.45) is 1.28. The van der Waals surface area contributed by atoms with Gasteiger partial charge in [0, 0.05) is 18.6 Å². The van der Waals surface area contributed by atoms with Crippen molar-refractivity contribution in [3.8, 4) is 11.5 Å². The topological polar surface area (TPSA) is 47.6 Å². The number of carbonyl (C=O) groups is 1. The lowest BCUT2D eigenvalue weighted by atomic mass is 10.2. The van der Waals surface area contributed by atoms with Crippen LogP contribution < -0.4 is 14.8 Å². The molecule has 0 saturated carbocycles. The van der Waals surface area contributed by atoms with Gasteiger partial charge in [0.05, 0.1) is 10.7 Å². The summed E-state index contributed by atoms with van der Waals surface area (Å²) in [5, 5.41) is 3.21. The largest absolute Gasteiger partial charge is 0.486 e. The minimum Gasteiger partial charge on any atom is -0.486 e. The first-order valence-electron chi connectivity index (χ1n) is 5.59. The smallest absolute Gasteiger partial charge is 0.224 e. The number of carbonyl (C=O) groups excluding carboxylic acids is 1. The van der Waals surface area contributed by atoms with Crippen molar-refractivity contribution in [2.24, 2.45) is 0 Å². The molecule has 1 amide bonds. The Morgan fingerprint density at radius 2 is 2.00 bits per heavy atom. The lowest BCUT2D eigenvalue weighted by Crippen LogP contribution is -2.16. The number of ether oxygens (including phenoxy) is 2. The van der Waals surface area contributed by atoms with Crippen molar-refractivity contribution in [3.63, 3.8) is 0 Å². The minimum atomic E-state index is -0.0499. The lowest BCUT2D eigenvalue weighted by molar-refractivity contribution is -0.116. The third-order valence-corrected chi connectivity index (χ3v) is 2.70. The van der Waals surface area contributed by atoms with Crippen molar-refractivity contribution in [1.82, 2.24) is 0 Å². The molecule has 0 unspecified atom stereocenters. The average Bonchev–Trinajstić information content (AvgIpc) is 2.30. The third kappa shape index (κ3) is 2.82. The highest BCUT2D eigenvalue weighted by Gasteiger charge is 2.15. The van der Waals surface area contributed by atoms with Crippen molar-refractivity contribution in [3.05, 3.63) is 17.2 Å². The number of benzene rings is 1. The van der Waals surface area contributed by atoms with Gasteiger partial charge in [-0.2, -0.15) is 0 Å². The van der Waals surface area contributed by atoms with Gasteiger partial charge in [-0.3, -0.25) is 4.79 Å². The molecule has 1 aromatic rings. The molecule has 0 saturated heterocycles. The van der Waals surface area contributed by atoms with Crippen molar-refractivity contribution in [1.29, 1.82) is 0 Å². The van der Waals surface area contributed by atoms with E-state index in [1.807, 2.05) is 6.92 Å². The molecule has 0 radical (unpaired) electrons. The molecule has 17 heavy (non-hydrogen) atoms. The van der Waals surface area contributed by atoms with E-state index < -0.39 is 0 Å². The molecule has 1 aromatic carbocycles. The van der Waals surface area contributed by atoms with Crippen LogP contribution in [0.2, 0.25) is 5.02 Å². The molecule has 1 N–H and O–H groups in total. The summed E-state index contributed by atoms with van der Waals surface area (Å²) in [6.45, 7) is 2.98. The number of rotatable bonds is 3. The molecule has 0 spiro atoms. The predicted molar refractivity (Wildman–Crippen MR) is 66.0 cm³/mol. The standard InChI is InChI=1S/C12H14ClNO3/c1-2-3-12(15)14-9-7-11-10(6-8(9)13)16-4-5-17-11/h6-7H,2-5H2,1H3,(H,14,15). The predicted octanol–water partition coefficient (Wildman–Crippen LogP) is 2.85. The Balaban J connectivity index is 2.19. The third-order valence-electron chi connectivity index (χ3n) is 2.38. The van der Waals surface area contributed by atoms with Gasteiger partial charge in [-0.1, -0.05) is 18.5 Å². The summed E-state index contributed by atoms with van der Waals surface area (Å²) >= 11 is 6.06. The van der Waals surface area contributed by atoms with E-state index in [2.05, 4.69) is 5.32 Å². The summed E-state index contributed by atoms with van der Waals surface area (Å²) < 4.78 is 10.8. The van der Waals surface area contributed by atoms with Gasteiger partial charge >= 0.3 is 0 Å². The molecular formula is C12H14ClNO3. The van der Waals surface area contributed by atoms with Crippen molar-refractivity contribution >= 4 is 23.2 Å². The van der Waals surface area contributed by atoms with E-state index in [-0.39, 0.29) is 5.91 Å². The molecular weight excluding hydrogens is 242 g/mol. The number of nitrogens with one attached hydrogen (secondary N) is 1. The van der Waals surface area contributed by atoms with Gasteiger partial charge in [0.2, 0.25) is 5.91 Å². The van der Waals surface area contributed by atoms with E-state index in [4.69, 9.17) is 21.1 Å². The van der Waals surface area contributed by atoms with Gasteiger partial charge in [-0.15, -0.1) is 0 Å². The second-order valence-corrected chi connectivity index (χ2v) is 4.18. The Bertz CT molecular complexity index is 434. The van der Waals surface area contributed by atoms with Crippen LogP contribution in [0.3, 0.4) is 0 Å². The van der Waals surface area contributed by atoms with E-state index in [0.717, 1.165) is 6.42 Å². The van der Waals surface area contributed by atoms with Gasteiger partial charge in [0.25, 0.3) is 0 Å². The molecule has 4 nitrogen and oxygen atoms in total. The molecule has 0 atom stereocenters. The van der Waals surface area contributed by atoms with Gasteiger partial charge < -0.3 is 14.8 Å². The monoisotopic (exact) mass is 255 g/mol. The van der Waals surface area contributed by atoms with Crippen LogP contribution in [-0.2, 0) is 4.79 Å². The SMILES string of the molecule is CCCC(=O)Nc1cc2c(cc1Cl)OCCO2. The van der Waals surface area contributed by atoms with E-state index in [0.29, 0.717) is 41.8 Å². The highest BCUT2D eigenvalue weighted by molar-refractivity contribution is 6.34. The molecule has 5 heteroatoms. The molecule has 1 heterocycles. The van der Waals surface area contributed by atoms with Crippen LogP contribution in [0, 0.1) is 0 Å². The van der Waals surface area contributed by atoms with Crippen molar-refractivity contribution in [2.45, 2.75) is 19.8 Å².